The monoisotopic (exact) mass is 439 g/mol. The molecule has 3 aromatic rings. The highest BCUT2D eigenvalue weighted by Gasteiger charge is 2.48. The Morgan fingerprint density at radius 1 is 1.23 bits per heavy atom. The molecule has 1 atom stereocenters. The van der Waals surface area contributed by atoms with E-state index in [1.54, 1.807) is 28.4 Å². The zero-order valence-electron chi connectivity index (χ0n) is 17.6. The number of nitrogens with one attached hydrogen (secondary N) is 1. The molecule has 0 radical (unpaired) electrons. The number of nitrogens with zero attached hydrogens (tertiary/aromatic N) is 2. The molecule has 0 bridgehead atoms. The summed E-state index contributed by atoms with van der Waals surface area (Å²) in [6, 6.07) is 10.3. The van der Waals surface area contributed by atoms with Gasteiger partial charge in [0.1, 0.15) is 21.9 Å². The van der Waals surface area contributed by atoms with Crippen molar-refractivity contribution >= 4 is 33.4 Å². The number of thiophene rings is 1. The van der Waals surface area contributed by atoms with Crippen LogP contribution in [0.25, 0.3) is 10.2 Å². The highest BCUT2D eigenvalue weighted by atomic mass is 32.1. The van der Waals surface area contributed by atoms with E-state index in [-0.39, 0.29) is 30.2 Å². The predicted octanol–water partition coefficient (Wildman–Crippen LogP) is 4.71. The summed E-state index contributed by atoms with van der Waals surface area (Å²) in [6.07, 6.45) is 5.39. The Bertz CT molecular complexity index is 1150. The van der Waals surface area contributed by atoms with Gasteiger partial charge in [-0.25, -0.2) is 4.39 Å². The molecule has 7 heteroatoms. The van der Waals surface area contributed by atoms with Gasteiger partial charge in [0, 0.05) is 18.0 Å². The summed E-state index contributed by atoms with van der Waals surface area (Å²) in [5, 5.41) is 6.24. The van der Waals surface area contributed by atoms with E-state index in [0.717, 1.165) is 35.9 Å². The first-order valence-electron chi connectivity index (χ1n) is 10.9. The molecule has 1 saturated carbocycles. The van der Waals surface area contributed by atoms with Crippen molar-refractivity contribution in [2.24, 2.45) is 0 Å². The molecule has 5 nitrogen and oxygen atoms in total. The second-order valence-corrected chi connectivity index (χ2v) is 9.79. The molecular weight excluding hydrogens is 413 g/mol. The Morgan fingerprint density at radius 2 is 2.03 bits per heavy atom. The number of benzene rings is 1. The lowest BCUT2D eigenvalue weighted by Crippen LogP contribution is -2.64. The van der Waals surface area contributed by atoms with Gasteiger partial charge in [0.15, 0.2) is 0 Å². The first-order chi connectivity index (χ1) is 15.0. The molecule has 1 N–H and O–H groups in total. The van der Waals surface area contributed by atoms with Crippen LogP contribution in [0.2, 0.25) is 0 Å². The third-order valence-electron chi connectivity index (χ3n) is 6.69. The second kappa shape index (κ2) is 7.79. The molecule has 162 valence electrons. The van der Waals surface area contributed by atoms with Crippen molar-refractivity contribution in [3.8, 4) is 0 Å². The predicted molar refractivity (Wildman–Crippen MR) is 120 cm³/mol. The van der Waals surface area contributed by atoms with E-state index >= 15 is 0 Å². The van der Waals surface area contributed by atoms with E-state index in [9.17, 15) is 14.0 Å². The number of fused-ring (bicyclic) bond motifs is 3. The van der Waals surface area contributed by atoms with Gasteiger partial charge >= 0.3 is 0 Å². The summed E-state index contributed by atoms with van der Waals surface area (Å²) in [5.41, 5.74) is 0.192. The van der Waals surface area contributed by atoms with E-state index in [1.807, 2.05) is 29.0 Å². The van der Waals surface area contributed by atoms with Gasteiger partial charge < -0.3 is 14.8 Å². The minimum absolute atomic E-state index is 0.131. The summed E-state index contributed by atoms with van der Waals surface area (Å²) >= 11 is 1.58. The number of hydrogen-bond donors (Lipinski definition) is 1. The molecule has 2 amide bonds. The van der Waals surface area contributed by atoms with Crippen LogP contribution in [0.15, 0.2) is 41.8 Å². The Hall–Kier alpha value is -2.67. The summed E-state index contributed by atoms with van der Waals surface area (Å²) in [4.78, 5) is 29.9. The van der Waals surface area contributed by atoms with Crippen LogP contribution in [-0.2, 0) is 17.9 Å². The van der Waals surface area contributed by atoms with Crippen molar-refractivity contribution in [2.45, 2.75) is 63.7 Å². The van der Waals surface area contributed by atoms with Gasteiger partial charge in [-0.1, -0.05) is 31.4 Å². The zero-order valence-corrected chi connectivity index (χ0v) is 18.4. The average Bonchev–Trinajstić information content (AvgIpc) is 3.34. The lowest BCUT2D eigenvalue weighted by molar-refractivity contribution is -0.134. The van der Waals surface area contributed by atoms with Crippen molar-refractivity contribution < 1.29 is 14.0 Å². The molecular formula is C24H26FN3O2S. The Morgan fingerprint density at radius 3 is 2.81 bits per heavy atom. The SMILES string of the molecule is CC1(C(=O)NC2CCCCC2)Cn2c(cc3ccsc32)C(=O)N1Cc1cccc(F)c1. The molecule has 1 aromatic carbocycles. The summed E-state index contributed by atoms with van der Waals surface area (Å²) in [5.74, 6) is -0.673. The number of rotatable bonds is 4. The standard InChI is InChI=1S/C24H26FN3O2S/c1-24(23(30)26-19-8-3-2-4-9-19)15-27-20(13-17-10-11-31-22(17)27)21(29)28(24)14-16-6-5-7-18(25)12-16/h5-7,10-13,19H,2-4,8-9,14-15H2,1H3,(H,26,30). The normalized spacial score (nSPS) is 22.0. The molecule has 2 aliphatic rings. The molecule has 31 heavy (non-hydrogen) atoms. The van der Waals surface area contributed by atoms with Crippen molar-refractivity contribution in [1.29, 1.82) is 0 Å². The largest absolute Gasteiger partial charge is 0.351 e. The molecule has 0 saturated heterocycles. The third-order valence-corrected chi connectivity index (χ3v) is 7.64. The van der Waals surface area contributed by atoms with Crippen molar-refractivity contribution in [2.75, 3.05) is 0 Å². The molecule has 5 rings (SSSR count). The van der Waals surface area contributed by atoms with Crippen LogP contribution in [0.3, 0.4) is 0 Å². The maximum atomic E-state index is 13.8. The maximum absolute atomic E-state index is 13.8. The maximum Gasteiger partial charge on any atom is 0.271 e. The van der Waals surface area contributed by atoms with E-state index in [0.29, 0.717) is 17.8 Å². The van der Waals surface area contributed by atoms with Crippen LogP contribution in [0.5, 0.6) is 0 Å². The molecule has 1 fully saturated rings. The van der Waals surface area contributed by atoms with Gasteiger partial charge in [0.05, 0.1) is 6.54 Å². The van der Waals surface area contributed by atoms with Gasteiger partial charge in [0.2, 0.25) is 5.91 Å². The first kappa shape index (κ1) is 20.2. The van der Waals surface area contributed by atoms with E-state index in [1.165, 1.54) is 18.6 Å². The number of carbonyl (C=O) groups excluding carboxylic acids is 2. The fraction of sp³-hybridized carbons (Fsp3) is 0.417. The minimum atomic E-state index is -1.07. The summed E-state index contributed by atoms with van der Waals surface area (Å²) in [6.45, 7) is 2.40. The quantitative estimate of drug-likeness (QED) is 0.640. The van der Waals surface area contributed by atoms with Crippen molar-refractivity contribution in [3.63, 3.8) is 0 Å². The zero-order chi connectivity index (χ0) is 21.6. The fourth-order valence-electron chi connectivity index (χ4n) is 4.91. The van der Waals surface area contributed by atoms with Crippen LogP contribution in [0.1, 0.15) is 55.1 Å². The van der Waals surface area contributed by atoms with Crippen molar-refractivity contribution in [1.82, 2.24) is 14.8 Å². The Labute approximate surface area is 184 Å². The average molecular weight is 440 g/mol. The van der Waals surface area contributed by atoms with Gasteiger partial charge in [0.25, 0.3) is 5.91 Å². The second-order valence-electron chi connectivity index (χ2n) is 8.90. The minimum Gasteiger partial charge on any atom is -0.351 e. The van der Waals surface area contributed by atoms with Gasteiger partial charge in [-0.15, -0.1) is 11.3 Å². The highest BCUT2D eigenvalue weighted by Crippen LogP contribution is 2.35. The third kappa shape index (κ3) is 3.55. The number of amides is 2. The molecule has 1 aliphatic heterocycles. The van der Waals surface area contributed by atoms with Gasteiger partial charge in [-0.2, -0.15) is 0 Å². The topological polar surface area (TPSA) is 54.3 Å². The van der Waals surface area contributed by atoms with Crippen LogP contribution in [0, 0.1) is 5.82 Å². The fourth-order valence-corrected chi connectivity index (χ4v) is 5.81. The van der Waals surface area contributed by atoms with Crippen molar-refractivity contribution in [3.05, 3.63) is 58.9 Å². The molecule has 2 aromatic heterocycles. The number of hydrogen-bond acceptors (Lipinski definition) is 3. The highest BCUT2D eigenvalue weighted by molar-refractivity contribution is 7.16. The van der Waals surface area contributed by atoms with E-state index in [4.69, 9.17) is 0 Å². The van der Waals surface area contributed by atoms with Crippen LogP contribution >= 0.6 is 11.3 Å². The van der Waals surface area contributed by atoms with Crippen LogP contribution < -0.4 is 5.32 Å². The Kier molecular flexibility index (Phi) is 5.08. The van der Waals surface area contributed by atoms with Crippen LogP contribution in [0.4, 0.5) is 4.39 Å². The summed E-state index contributed by atoms with van der Waals surface area (Å²) in [7, 11) is 0. The Balaban J connectivity index is 1.53. The summed E-state index contributed by atoms with van der Waals surface area (Å²) < 4.78 is 15.8. The molecule has 1 aliphatic carbocycles. The lowest BCUT2D eigenvalue weighted by Gasteiger charge is -2.44. The van der Waals surface area contributed by atoms with Gasteiger partial charge in [-0.3, -0.25) is 9.59 Å². The molecule has 1 unspecified atom stereocenters. The molecule has 3 heterocycles. The molecule has 0 spiro atoms. The number of carbonyl (C=O) groups is 2. The smallest absolute Gasteiger partial charge is 0.271 e. The van der Waals surface area contributed by atoms with Crippen LogP contribution in [-0.4, -0.2) is 32.9 Å². The lowest BCUT2D eigenvalue weighted by atomic mass is 9.91. The first-order valence-corrected chi connectivity index (χ1v) is 11.8. The van der Waals surface area contributed by atoms with Gasteiger partial charge in [-0.05, 0) is 55.0 Å². The number of aromatic nitrogens is 1. The van der Waals surface area contributed by atoms with E-state index in [2.05, 4.69) is 5.32 Å². The number of halogens is 1. The van der Waals surface area contributed by atoms with E-state index < -0.39 is 5.54 Å².